The Bertz CT molecular complexity index is 432. The Morgan fingerprint density at radius 1 is 1.65 bits per heavy atom. The number of amides is 1. The number of rotatable bonds is 5. The standard InChI is InChI=1S/C15H24N2O3/c1-12(13-5-3-8-20-13)16-14(19)9-17-7-4-6-15(2,10-17)11-18/h3,5,8,12,18H,4,6-7,9-11H2,1-2H3,(H,16,19). The molecule has 112 valence electrons. The first-order chi connectivity index (χ1) is 9.52. The Hall–Kier alpha value is -1.33. The molecule has 2 rings (SSSR count). The van der Waals surface area contributed by atoms with Gasteiger partial charge in [0.05, 0.1) is 18.8 Å². The van der Waals surface area contributed by atoms with Crippen molar-refractivity contribution in [2.75, 3.05) is 26.2 Å². The summed E-state index contributed by atoms with van der Waals surface area (Å²) in [5.41, 5.74) is -0.0782. The van der Waals surface area contributed by atoms with Gasteiger partial charge in [0.15, 0.2) is 0 Å². The van der Waals surface area contributed by atoms with Gasteiger partial charge < -0.3 is 14.8 Å². The number of furan rings is 1. The number of piperidine rings is 1. The van der Waals surface area contributed by atoms with Crippen molar-refractivity contribution >= 4 is 5.91 Å². The molecule has 1 fully saturated rings. The van der Waals surface area contributed by atoms with Crippen molar-refractivity contribution in [1.82, 2.24) is 10.2 Å². The second-order valence-corrected chi connectivity index (χ2v) is 6.09. The number of carbonyl (C=O) groups is 1. The van der Waals surface area contributed by atoms with Crippen LogP contribution in [0.3, 0.4) is 0 Å². The maximum Gasteiger partial charge on any atom is 0.234 e. The van der Waals surface area contributed by atoms with E-state index in [1.54, 1.807) is 6.26 Å². The maximum atomic E-state index is 12.1. The summed E-state index contributed by atoms with van der Waals surface area (Å²) in [6.45, 7) is 6.21. The van der Waals surface area contributed by atoms with Crippen molar-refractivity contribution in [3.8, 4) is 0 Å². The number of hydrogen-bond acceptors (Lipinski definition) is 4. The van der Waals surface area contributed by atoms with E-state index in [-0.39, 0.29) is 24.0 Å². The number of nitrogens with zero attached hydrogens (tertiary/aromatic N) is 1. The first-order valence-electron chi connectivity index (χ1n) is 7.18. The van der Waals surface area contributed by atoms with Gasteiger partial charge in [0.1, 0.15) is 5.76 Å². The zero-order chi connectivity index (χ0) is 14.6. The highest BCUT2D eigenvalue weighted by atomic mass is 16.3. The quantitative estimate of drug-likeness (QED) is 0.859. The Morgan fingerprint density at radius 3 is 3.10 bits per heavy atom. The van der Waals surface area contributed by atoms with Gasteiger partial charge in [0.25, 0.3) is 0 Å². The summed E-state index contributed by atoms with van der Waals surface area (Å²) in [6.07, 6.45) is 3.65. The molecular formula is C15H24N2O3. The minimum absolute atomic E-state index is 0.00362. The topological polar surface area (TPSA) is 65.7 Å². The number of carbonyl (C=O) groups excluding carboxylic acids is 1. The number of likely N-dealkylation sites (tertiary alicyclic amines) is 1. The van der Waals surface area contributed by atoms with Crippen LogP contribution in [0.5, 0.6) is 0 Å². The van der Waals surface area contributed by atoms with Gasteiger partial charge in [0, 0.05) is 18.6 Å². The third-order valence-electron chi connectivity index (χ3n) is 3.96. The number of nitrogens with one attached hydrogen (secondary N) is 1. The van der Waals surface area contributed by atoms with Gasteiger partial charge in [-0.15, -0.1) is 0 Å². The summed E-state index contributed by atoms with van der Waals surface area (Å²) in [5.74, 6) is 0.758. The number of aliphatic hydroxyl groups excluding tert-OH is 1. The lowest BCUT2D eigenvalue weighted by Crippen LogP contribution is -2.47. The maximum absolute atomic E-state index is 12.1. The molecule has 2 atom stereocenters. The zero-order valence-electron chi connectivity index (χ0n) is 12.3. The summed E-state index contributed by atoms with van der Waals surface area (Å²) in [6, 6.07) is 3.55. The van der Waals surface area contributed by atoms with Crippen molar-refractivity contribution in [2.24, 2.45) is 5.41 Å². The molecule has 1 saturated heterocycles. The molecular weight excluding hydrogens is 256 g/mol. The second-order valence-electron chi connectivity index (χ2n) is 6.09. The predicted octanol–water partition coefficient (Wildman–Crippen LogP) is 1.55. The molecule has 5 nitrogen and oxygen atoms in total. The molecule has 0 aliphatic carbocycles. The molecule has 2 N–H and O–H groups in total. The molecule has 20 heavy (non-hydrogen) atoms. The highest BCUT2D eigenvalue weighted by Crippen LogP contribution is 2.28. The van der Waals surface area contributed by atoms with Crippen LogP contribution in [-0.2, 0) is 4.79 Å². The van der Waals surface area contributed by atoms with Gasteiger partial charge in [-0.25, -0.2) is 0 Å². The molecule has 1 aliphatic heterocycles. The minimum Gasteiger partial charge on any atom is -0.467 e. The van der Waals surface area contributed by atoms with E-state index in [2.05, 4.69) is 17.1 Å². The molecule has 0 saturated carbocycles. The van der Waals surface area contributed by atoms with Gasteiger partial charge in [0.2, 0.25) is 5.91 Å². The van der Waals surface area contributed by atoms with Gasteiger partial charge >= 0.3 is 0 Å². The zero-order valence-corrected chi connectivity index (χ0v) is 12.3. The van der Waals surface area contributed by atoms with Gasteiger partial charge in [-0.2, -0.15) is 0 Å². The SMILES string of the molecule is CC(NC(=O)CN1CCCC(C)(CO)C1)c1ccco1. The monoisotopic (exact) mass is 280 g/mol. The molecule has 0 radical (unpaired) electrons. The molecule has 5 heteroatoms. The largest absolute Gasteiger partial charge is 0.467 e. The van der Waals surface area contributed by atoms with E-state index in [1.807, 2.05) is 19.1 Å². The van der Waals surface area contributed by atoms with Crippen LogP contribution in [0.15, 0.2) is 22.8 Å². The van der Waals surface area contributed by atoms with E-state index in [0.717, 1.165) is 31.7 Å². The third kappa shape index (κ3) is 3.84. The number of hydrogen-bond donors (Lipinski definition) is 2. The van der Waals surface area contributed by atoms with Crippen LogP contribution in [-0.4, -0.2) is 42.2 Å². The van der Waals surface area contributed by atoms with Crippen molar-refractivity contribution in [3.05, 3.63) is 24.2 Å². The Balaban J connectivity index is 1.82. The fraction of sp³-hybridized carbons (Fsp3) is 0.667. The fourth-order valence-electron chi connectivity index (χ4n) is 2.79. The summed E-state index contributed by atoms with van der Waals surface area (Å²) in [4.78, 5) is 14.2. The van der Waals surface area contributed by atoms with E-state index >= 15 is 0 Å². The summed E-state index contributed by atoms with van der Waals surface area (Å²) >= 11 is 0. The van der Waals surface area contributed by atoms with Crippen molar-refractivity contribution in [2.45, 2.75) is 32.7 Å². The normalized spacial score (nSPS) is 25.4. The predicted molar refractivity (Wildman–Crippen MR) is 76.1 cm³/mol. The van der Waals surface area contributed by atoms with Crippen LogP contribution in [0.1, 0.15) is 38.5 Å². The lowest BCUT2D eigenvalue weighted by atomic mass is 9.83. The van der Waals surface area contributed by atoms with Gasteiger partial charge in [-0.1, -0.05) is 6.92 Å². The molecule has 0 bridgehead atoms. The Kier molecular flexibility index (Phi) is 4.83. The Morgan fingerprint density at radius 2 is 2.45 bits per heavy atom. The highest BCUT2D eigenvalue weighted by molar-refractivity contribution is 5.78. The molecule has 2 heterocycles. The van der Waals surface area contributed by atoms with E-state index < -0.39 is 0 Å². The molecule has 1 aromatic heterocycles. The third-order valence-corrected chi connectivity index (χ3v) is 3.96. The average Bonchev–Trinajstić information content (AvgIpc) is 2.92. The lowest BCUT2D eigenvalue weighted by Gasteiger charge is -2.39. The molecule has 1 aliphatic rings. The fourth-order valence-corrected chi connectivity index (χ4v) is 2.79. The van der Waals surface area contributed by atoms with Crippen molar-refractivity contribution in [1.29, 1.82) is 0 Å². The van der Waals surface area contributed by atoms with Crippen LogP contribution in [0.25, 0.3) is 0 Å². The van der Waals surface area contributed by atoms with Crippen LogP contribution in [0.2, 0.25) is 0 Å². The van der Waals surface area contributed by atoms with E-state index in [0.29, 0.717) is 6.54 Å². The minimum atomic E-state index is -0.119. The highest BCUT2D eigenvalue weighted by Gasteiger charge is 2.31. The van der Waals surface area contributed by atoms with Gasteiger partial charge in [-0.3, -0.25) is 9.69 Å². The van der Waals surface area contributed by atoms with E-state index in [1.165, 1.54) is 0 Å². The summed E-state index contributed by atoms with van der Waals surface area (Å²) in [7, 11) is 0. The lowest BCUT2D eigenvalue weighted by molar-refractivity contribution is -0.124. The first kappa shape index (κ1) is 15.1. The summed E-state index contributed by atoms with van der Waals surface area (Å²) < 4.78 is 5.28. The molecule has 1 aromatic rings. The first-order valence-corrected chi connectivity index (χ1v) is 7.18. The van der Waals surface area contributed by atoms with Crippen molar-refractivity contribution < 1.29 is 14.3 Å². The smallest absolute Gasteiger partial charge is 0.234 e. The second kappa shape index (κ2) is 6.41. The van der Waals surface area contributed by atoms with Gasteiger partial charge in [-0.05, 0) is 38.4 Å². The van der Waals surface area contributed by atoms with Crippen LogP contribution in [0, 0.1) is 5.41 Å². The van der Waals surface area contributed by atoms with E-state index in [4.69, 9.17) is 4.42 Å². The molecule has 1 amide bonds. The van der Waals surface area contributed by atoms with Crippen LogP contribution in [0.4, 0.5) is 0 Å². The molecule has 0 spiro atoms. The van der Waals surface area contributed by atoms with Crippen LogP contribution < -0.4 is 5.32 Å². The van der Waals surface area contributed by atoms with Crippen LogP contribution >= 0.6 is 0 Å². The summed E-state index contributed by atoms with van der Waals surface area (Å²) in [5, 5.41) is 12.4. The molecule has 2 unspecified atom stereocenters. The van der Waals surface area contributed by atoms with Crippen molar-refractivity contribution in [3.63, 3.8) is 0 Å². The molecule has 0 aromatic carbocycles. The van der Waals surface area contributed by atoms with E-state index in [9.17, 15) is 9.90 Å². The number of aliphatic hydroxyl groups is 1. The average molecular weight is 280 g/mol. The Labute approximate surface area is 119 Å².